The monoisotopic (exact) mass is 268 g/mol. The quantitative estimate of drug-likeness (QED) is 0.785. The summed E-state index contributed by atoms with van der Waals surface area (Å²) in [5, 5.41) is 4.30. The molecule has 1 aliphatic rings. The molecule has 2 aromatic rings. The first kappa shape index (κ1) is 13.1. The lowest BCUT2D eigenvalue weighted by Gasteiger charge is -2.20. The van der Waals surface area contributed by atoms with Gasteiger partial charge in [0.1, 0.15) is 0 Å². The molecule has 0 amide bonds. The lowest BCUT2D eigenvalue weighted by atomic mass is 9.85. The van der Waals surface area contributed by atoms with Crippen LogP contribution in [0.2, 0.25) is 0 Å². The lowest BCUT2D eigenvalue weighted by Crippen LogP contribution is -2.11. The maximum Gasteiger partial charge on any atom is 0.166 e. The Morgan fingerprint density at radius 3 is 2.65 bits per heavy atom. The number of hydrogen-bond donors (Lipinski definition) is 0. The molecule has 3 heteroatoms. The standard InChI is InChI=1S/C17H20N2O/c20-17(11-14-7-3-1-4-8-14)15-12-18-19(13-15)16-9-5-2-6-10-16/h2,5-6,9-10,12-14H,1,3-4,7-8,11H2. The molecule has 0 atom stereocenters. The van der Waals surface area contributed by atoms with Gasteiger partial charge in [-0.05, 0) is 18.1 Å². The Balaban J connectivity index is 1.68. The molecule has 0 saturated heterocycles. The summed E-state index contributed by atoms with van der Waals surface area (Å²) in [6, 6.07) is 9.90. The van der Waals surface area contributed by atoms with Crippen LogP contribution in [0.5, 0.6) is 0 Å². The number of para-hydroxylation sites is 1. The van der Waals surface area contributed by atoms with Gasteiger partial charge in [0.2, 0.25) is 0 Å². The van der Waals surface area contributed by atoms with Gasteiger partial charge >= 0.3 is 0 Å². The van der Waals surface area contributed by atoms with Gasteiger partial charge in [0.15, 0.2) is 5.78 Å². The molecule has 0 radical (unpaired) electrons. The van der Waals surface area contributed by atoms with E-state index in [1.807, 2.05) is 36.5 Å². The van der Waals surface area contributed by atoms with E-state index in [2.05, 4.69) is 5.10 Å². The van der Waals surface area contributed by atoms with Crippen molar-refractivity contribution in [3.05, 3.63) is 48.3 Å². The summed E-state index contributed by atoms with van der Waals surface area (Å²) in [6.07, 6.45) is 10.5. The summed E-state index contributed by atoms with van der Waals surface area (Å²) in [5.74, 6) is 0.815. The van der Waals surface area contributed by atoms with E-state index >= 15 is 0 Å². The first-order chi connectivity index (χ1) is 9.83. The van der Waals surface area contributed by atoms with Crippen molar-refractivity contribution in [1.29, 1.82) is 0 Å². The summed E-state index contributed by atoms with van der Waals surface area (Å²) in [7, 11) is 0. The van der Waals surface area contributed by atoms with Crippen LogP contribution in [0.25, 0.3) is 5.69 Å². The molecule has 20 heavy (non-hydrogen) atoms. The van der Waals surface area contributed by atoms with Crippen molar-refractivity contribution in [2.24, 2.45) is 5.92 Å². The van der Waals surface area contributed by atoms with Crippen molar-refractivity contribution < 1.29 is 4.79 Å². The minimum absolute atomic E-state index is 0.235. The molecular formula is C17H20N2O. The average Bonchev–Trinajstić information content (AvgIpc) is 2.99. The van der Waals surface area contributed by atoms with Crippen LogP contribution in [0.3, 0.4) is 0 Å². The van der Waals surface area contributed by atoms with Crippen molar-refractivity contribution >= 4 is 5.78 Å². The molecule has 3 rings (SSSR count). The van der Waals surface area contributed by atoms with E-state index in [1.165, 1.54) is 32.1 Å². The van der Waals surface area contributed by atoms with E-state index in [4.69, 9.17) is 0 Å². The van der Waals surface area contributed by atoms with Gasteiger partial charge in [-0.3, -0.25) is 4.79 Å². The Labute approximate surface area is 119 Å². The zero-order valence-corrected chi connectivity index (χ0v) is 11.7. The predicted octanol–water partition coefficient (Wildman–Crippen LogP) is 4.03. The van der Waals surface area contributed by atoms with Crippen LogP contribution in [0.1, 0.15) is 48.9 Å². The summed E-state index contributed by atoms with van der Waals surface area (Å²) in [5.41, 5.74) is 1.73. The Morgan fingerprint density at radius 2 is 1.90 bits per heavy atom. The smallest absolute Gasteiger partial charge is 0.166 e. The van der Waals surface area contributed by atoms with E-state index in [9.17, 15) is 4.79 Å². The van der Waals surface area contributed by atoms with Crippen LogP contribution in [0.4, 0.5) is 0 Å². The first-order valence-electron chi connectivity index (χ1n) is 7.46. The number of Topliss-reactive ketones (excluding diaryl/α,β-unsaturated/α-hetero) is 1. The third kappa shape index (κ3) is 2.98. The van der Waals surface area contributed by atoms with Gasteiger partial charge in [-0.15, -0.1) is 0 Å². The van der Waals surface area contributed by atoms with Gasteiger partial charge in [-0.1, -0.05) is 50.3 Å². The number of ketones is 1. The largest absolute Gasteiger partial charge is 0.294 e. The number of hydrogen-bond acceptors (Lipinski definition) is 2. The fourth-order valence-electron chi connectivity index (χ4n) is 2.96. The van der Waals surface area contributed by atoms with Gasteiger partial charge in [0.05, 0.1) is 17.4 Å². The van der Waals surface area contributed by atoms with Crippen molar-refractivity contribution in [3.8, 4) is 5.69 Å². The topological polar surface area (TPSA) is 34.9 Å². The van der Waals surface area contributed by atoms with Crippen LogP contribution in [0.15, 0.2) is 42.7 Å². The molecular weight excluding hydrogens is 248 g/mol. The second-order valence-corrected chi connectivity index (χ2v) is 5.64. The van der Waals surface area contributed by atoms with E-state index in [0.29, 0.717) is 12.3 Å². The Morgan fingerprint density at radius 1 is 1.15 bits per heavy atom. The zero-order chi connectivity index (χ0) is 13.8. The van der Waals surface area contributed by atoms with Gasteiger partial charge in [0, 0.05) is 12.6 Å². The van der Waals surface area contributed by atoms with Gasteiger partial charge in [-0.2, -0.15) is 5.10 Å². The molecule has 0 bridgehead atoms. The molecule has 1 fully saturated rings. The highest BCUT2D eigenvalue weighted by Gasteiger charge is 2.19. The minimum Gasteiger partial charge on any atom is -0.294 e. The average molecular weight is 268 g/mol. The fourth-order valence-corrected chi connectivity index (χ4v) is 2.96. The van der Waals surface area contributed by atoms with Crippen molar-refractivity contribution in [2.75, 3.05) is 0 Å². The van der Waals surface area contributed by atoms with Crippen molar-refractivity contribution in [3.63, 3.8) is 0 Å². The second kappa shape index (κ2) is 6.04. The summed E-state index contributed by atoms with van der Waals surface area (Å²) in [4.78, 5) is 12.3. The molecule has 1 heterocycles. The van der Waals surface area contributed by atoms with Crippen LogP contribution < -0.4 is 0 Å². The summed E-state index contributed by atoms with van der Waals surface area (Å²) < 4.78 is 1.77. The van der Waals surface area contributed by atoms with Gasteiger partial charge < -0.3 is 0 Å². The third-order valence-corrected chi connectivity index (χ3v) is 4.12. The van der Waals surface area contributed by atoms with Crippen LogP contribution in [0, 0.1) is 5.92 Å². The van der Waals surface area contributed by atoms with Gasteiger partial charge in [0.25, 0.3) is 0 Å². The van der Waals surface area contributed by atoms with Crippen LogP contribution in [-0.2, 0) is 0 Å². The number of aromatic nitrogens is 2. The normalized spacial score (nSPS) is 16.2. The Bertz CT molecular complexity index is 568. The van der Waals surface area contributed by atoms with E-state index in [0.717, 1.165) is 11.3 Å². The molecule has 1 saturated carbocycles. The number of benzene rings is 1. The molecule has 3 nitrogen and oxygen atoms in total. The number of carbonyl (C=O) groups is 1. The van der Waals surface area contributed by atoms with Gasteiger partial charge in [-0.25, -0.2) is 4.68 Å². The highest BCUT2D eigenvalue weighted by Crippen LogP contribution is 2.27. The van der Waals surface area contributed by atoms with Crippen molar-refractivity contribution in [2.45, 2.75) is 38.5 Å². The second-order valence-electron chi connectivity index (χ2n) is 5.64. The SMILES string of the molecule is O=C(CC1CCCCC1)c1cnn(-c2ccccc2)c1. The molecule has 104 valence electrons. The highest BCUT2D eigenvalue weighted by atomic mass is 16.1. The third-order valence-electron chi connectivity index (χ3n) is 4.12. The highest BCUT2D eigenvalue weighted by molar-refractivity contribution is 5.95. The van der Waals surface area contributed by atoms with Crippen LogP contribution >= 0.6 is 0 Å². The Kier molecular flexibility index (Phi) is 3.95. The number of rotatable bonds is 4. The molecule has 0 aliphatic heterocycles. The number of carbonyl (C=O) groups excluding carboxylic acids is 1. The number of nitrogens with zero attached hydrogens (tertiary/aromatic N) is 2. The van der Waals surface area contributed by atoms with E-state index < -0.39 is 0 Å². The fraction of sp³-hybridized carbons (Fsp3) is 0.412. The van der Waals surface area contributed by atoms with E-state index in [-0.39, 0.29) is 5.78 Å². The van der Waals surface area contributed by atoms with Crippen molar-refractivity contribution in [1.82, 2.24) is 9.78 Å². The Hall–Kier alpha value is -1.90. The summed E-state index contributed by atoms with van der Waals surface area (Å²) in [6.45, 7) is 0. The molecule has 0 unspecified atom stereocenters. The molecule has 1 aromatic heterocycles. The first-order valence-corrected chi connectivity index (χ1v) is 7.46. The maximum absolute atomic E-state index is 12.3. The minimum atomic E-state index is 0.235. The predicted molar refractivity (Wildman–Crippen MR) is 79.1 cm³/mol. The van der Waals surface area contributed by atoms with E-state index in [1.54, 1.807) is 10.9 Å². The molecule has 0 spiro atoms. The lowest BCUT2D eigenvalue weighted by molar-refractivity contribution is 0.0950. The molecule has 1 aliphatic carbocycles. The molecule has 0 N–H and O–H groups in total. The van der Waals surface area contributed by atoms with Crippen LogP contribution in [-0.4, -0.2) is 15.6 Å². The maximum atomic E-state index is 12.3. The molecule has 1 aromatic carbocycles. The summed E-state index contributed by atoms with van der Waals surface area (Å²) >= 11 is 0. The zero-order valence-electron chi connectivity index (χ0n) is 11.7.